The summed E-state index contributed by atoms with van der Waals surface area (Å²) >= 11 is 4.37. The lowest BCUT2D eigenvalue weighted by atomic mass is 10.0. The molecule has 2 rings (SSSR count). The van der Waals surface area contributed by atoms with Crippen molar-refractivity contribution in [1.82, 2.24) is 4.31 Å². The van der Waals surface area contributed by atoms with Gasteiger partial charge in [0.1, 0.15) is 4.21 Å². The molecule has 4 nitrogen and oxygen atoms in total. The van der Waals surface area contributed by atoms with Gasteiger partial charge in [-0.15, -0.1) is 11.3 Å². The number of sulfonamides is 1. The Balaban J connectivity index is 2.24. The fourth-order valence-corrected chi connectivity index (χ4v) is 5.74. The molecule has 0 bridgehead atoms. The summed E-state index contributed by atoms with van der Waals surface area (Å²) in [7, 11) is -3.65. The summed E-state index contributed by atoms with van der Waals surface area (Å²) in [5, 5.41) is 0. The smallest absolute Gasteiger partial charge is 0.274 e. The molecule has 1 atom stereocenters. The highest BCUT2D eigenvalue weighted by atomic mass is 79.9. The molecule has 0 spiro atoms. The zero-order chi connectivity index (χ0) is 13.3. The number of carbonyl (C=O) groups is 1. The number of carbonyl (C=O) groups excluding carboxylic acids is 1. The van der Waals surface area contributed by atoms with Crippen LogP contribution < -0.4 is 0 Å². The van der Waals surface area contributed by atoms with Crippen LogP contribution in [0.5, 0.6) is 0 Å². The topological polar surface area (TPSA) is 54.5 Å². The molecule has 1 fully saturated rings. The number of hydrogen-bond acceptors (Lipinski definition) is 4. The lowest BCUT2D eigenvalue weighted by Crippen LogP contribution is -2.31. The summed E-state index contributed by atoms with van der Waals surface area (Å²) in [6.07, 6.45) is 2.21. The second-order valence-corrected chi connectivity index (χ2v) is 8.90. The zero-order valence-corrected chi connectivity index (χ0v) is 13.1. The van der Waals surface area contributed by atoms with Gasteiger partial charge in [0.05, 0.1) is 3.79 Å². The number of rotatable bonds is 4. The highest BCUT2D eigenvalue weighted by Crippen LogP contribution is 2.32. The molecule has 1 amide bonds. The summed E-state index contributed by atoms with van der Waals surface area (Å²) in [5.74, 6) is -0.112. The Labute approximate surface area is 119 Å². The Morgan fingerprint density at radius 2 is 2.22 bits per heavy atom. The average molecular weight is 352 g/mol. The van der Waals surface area contributed by atoms with Crippen LogP contribution >= 0.6 is 27.3 Å². The quantitative estimate of drug-likeness (QED) is 0.837. The molecule has 1 unspecified atom stereocenters. The monoisotopic (exact) mass is 351 g/mol. The van der Waals surface area contributed by atoms with Crippen LogP contribution in [0.15, 0.2) is 20.1 Å². The first kappa shape index (κ1) is 14.0. The average Bonchev–Trinajstić information content (AvgIpc) is 2.86. The lowest BCUT2D eigenvalue weighted by Gasteiger charge is -2.15. The van der Waals surface area contributed by atoms with Crippen molar-refractivity contribution in [3.8, 4) is 0 Å². The number of halogens is 1. The third kappa shape index (κ3) is 2.62. The van der Waals surface area contributed by atoms with Gasteiger partial charge in [0.25, 0.3) is 10.0 Å². The Kier molecular flexibility index (Phi) is 4.13. The minimum absolute atomic E-state index is 0.167. The van der Waals surface area contributed by atoms with E-state index in [1.807, 2.05) is 6.92 Å². The van der Waals surface area contributed by atoms with Crippen LogP contribution in [-0.4, -0.2) is 25.2 Å². The number of nitrogens with zero attached hydrogens (tertiary/aromatic N) is 1. The largest absolute Gasteiger partial charge is 0.276 e. The molecule has 1 aromatic rings. The summed E-state index contributed by atoms with van der Waals surface area (Å²) in [6, 6.07) is 3.21. The third-order valence-electron chi connectivity index (χ3n) is 2.96. The molecule has 1 aliphatic heterocycles. The molecule has 18 heavy (non-hydrogen) atoms. The summed E-state index contributed by atoms with van der Waals surface area (Å²) in [5.41, 5.74) is 0. The van der Waals surface area contributed by atoms with Gasteiger partial charge in [-0.1, -0.05) is 13.3 Å². The van der Waals surface area contributed by atoms with Crippen molar-refractivity contribution in [2.24, 2.45) is 5.92 Å². The fraction of sp³-hybridized carbons (Fsp3) is 0.545. The molecule has 1 aliphatic rings. The van der Waals surface area contributed by atoms with Crippen molar-refractivity contribution in [1.29, 1.82) is 0 Å². The van der Waals surface area contributed by atoms with Crippen molar-refractivity contribution in [2.75, 3.05) is 6.54 Å². The standard InChI is InChI=1S/C11H14BrNO3S2/c1-2-3-8-6-10(14)13(7-8)18(15,16)11-5-4-9(12)17-11/h4-5,8H,2-3,6-7H2,1H3. The van der Waals surface area contributed by atoms with Gasteiger partial charge < -0.3 is 0 Å². The van der Waals surface area contributed by atoms with Crippen molar-refractivity contribution in [3.05, 3.63) is 15.9 Å². The molecular formula is C11H14BrNO3S2. The van der Waals surface area contributed by atoms with E-state index >= 15 is 0 Å². The van der Waals surface area contributed by atoms with E-state index in [0.717, 1.165) is 32.3 Å². The van der Waals surface area contributed by atoms with E-state index < -0.39 is 10.0 Å². The second-order valence-electron chi connectivity index (χ2n) is 4.35. The van der Waals surface area contributed by atoms with Gasteiger partial charge in [0, 0.05) is 13.0 Å². The van der Waals surface area contributed by atoms with Crippen LogP contribution in [0, 0.1) is 5.92 Å². The second kappa shape index (κ2) is 5.30. The van der Waals surface area contributed by atoms with E-state index in [1.165, 1.54) is 6.07 Å². The molecular weight excluding hydrogens is 338 g/mol. The first-order valence-corrected chi connectivity index (χ1v) is 8.81. The van der Waals surface area contributed by atoms with Crippen molar-refractivity contribution in [2.45, 2.75) is 30.4 Å². The van der Waals surface area contributed by atoms with E-state index in [2.05, 4.69) is 15.9 Å². The highest BCUT2D eigenvalue weighted by molar-refractivity contribution is 9.11. The van der Waals surface area contributed by atoms with Gasteiger partial charge in [0.15, 0.2) is 0 Å². The van der Waals surface area contributed by atoms with Crippen LogP contribution in [0.25, 0.3) is 0 Å². The maximum absolute atomic E-state index is 12.3. The van der Waals surface area contributed by atoms with Gasteiger partial charge in [-0.25, -0.2) is 12.7 Å². The van der Waals surface area contributed by atoms with Crippen LogP contribution in [0.1, 0.15) is 26.2 Å². The summed E-state index contributed by atoms with van der Waals surface area (Å²) < 4.78 is 26.6. The van der Waals surface area contributed by atoms with E-state index in [-0.39, 0.29) is 16.0 Å². The minimum Gasteiger partial charge on any atom is -0.274 e. The highest BCUT2D eigenvalue weighted by Gasteiger charge is 2.38. The molecule has 1 aromatic heterocycles. The van der Waals surface area contributed by atoms with Crippen molar-refractivity contribution < 1.29 is 13.2 Å². The molecule has 100 valence electrons. The first-order valence-electron chi connectivity index (χ1n) is 5.76. The number of hydrogen-bond donors (Lipinski definition) is 0. The van der Waals surface area contributed by atoms with Gasteiger partial charge in [-0.3, -0.25) is 4.79 Å². The zero-order valence-electron chi connectivity index (χ0n) is 9.93. The first-order chi connectivity index (χ1) is 8.45. The Bertz CT molecular complexity index is 552. The van der Waals surface area contributed by atoms with E-state index in [1.54, 1.807) is 6.07 Å². The SMILES string of the molecule is CCCC1CC(=O)N(S(=O)(=O)c2ccc(Br)s2)C1. The number of amides is 1. The van der Waals surface area contributed by atoms with Gasteiger partial charge in [0.2, 0.25) is 5.91 Å². The Morgan fingerprint density at radius 1 is 1.50 bits per heavy atom. The lowest BCUT2D eigenvalue weighted by molar-refractivity contribution is -0.123. The fourth-order valence-electron chi connectivity index (χ4n) is 2.13. The van der Waals surface area contributed by atoms with Crippen LogP contribution in [0.4, 0.5) is 0 Å². The van der Waals surface area contributed by atoms with E-state index in [9.17, 15) is 13.2 Å². The Morgan fingerprint density at radius 3 is 2.78 bits per heavy atom. The maximum Gasteiger partial charge on any atom is 0.276 e. The molecule has 7 heteroatoms. The Hall–Kier alpha value is -0.400. The minimum atomic E-state index is -3.65. The van der Waals surface area contributed by atoms with Crippen molar-refractivity contribution >= 4 is 43.2 Å². The predicted molar refractivity (Wildman–Crippen MR) is 73.9 cm³/mol. The molecule has 0 saturated carbocycles. The van der Waals surface area contributed by atoms with Crippen LogP contribution in [0.3, 0.4) is 0 Å². The molecule has 1 saturated heterocycles. The predicted octanol–water partition coefficient (Wildman–Crippen LogP) is 2.85. The van der Waals surface area contributed by atoms with E-state index in [0.29, 0.717) is 13.0 Å². The van der Waals surface area contributed by atoms with Crippen LogP contribution in [-0.2, 0) is 14.8 Å². The van der Waals surface area contributed by atoms with Crippen molar-refractivity contribution in [3.63, 3.8) is 0 Å². The van der Waals surface area contributed by atoms with E-state index in [4.69, 9.17) is 0 Å². The van der Waals surface area contributed by atoms with Crippen LogP contribution in [0.2, 0.25) is 0 Å². The molecule has 0 aromatic carbocycles. The molecule has 0 aliphatic carbocycles. The normalized spacial score (nSPS) is 20.7. The van der Waals surface area contributed by atoms with Gasteiger partial charge >= 0.3 is 0 Å². The van der Waals surface area contributed by atoms with Gasteiger partial charge in [-0.2, -0.15) is 0 Å². The third-order valence-corrected chi connectivity index (χ3v) is 6.83. The number of thiophene rings is 1. The summed E-state index contributed by atoms with van der Waals surface area (Å²) in [4.78, 5) is 11.8. The molecule has 0 radical (unpaired) electrons. The molecule has 2 heterocycles. The maximum atomic E-state index is 12.3. The summed E-state index contributed by atoms with van der Waals surface area (Å²) in [6.45, 7) is 2.36. The molecule has 0 N–H and O–H groups in total. The van der Waals surface area contributed by atoms with Gasteiger partial charge in [-0.05, 0) is 40.4 Å².